The second-order valence-corrected chi connectivity index (χ2v) is 5.53. The van der Waals surface area contributed by atoms with E-state index in [1.165, 1.54) is 7.11 Å². The highest BCUT2D eigenvalue weighted by molar-refractivity contribution is 9.10. The van der Waals surface area contributed by atoms with E-state index in [4.69, 9.17) is 4.74 Å². The Morgan fingerprint density at radius 3 is 2.27 bits per heavy atom. The Hall–Kier alpha value is -2.34. The van der Waals surface area contributed by atoms with Gasteiger partial charge in [0.2, 0.25) is 0 Å². The van der Waals surface area contributed by atoms with Gasteiger partial charge in [0.25, 0.3) is 0 Å². The van der Waals surface area contributed by atoms with Gasteiger partial charge in [-0.3, -0.25) is 9.59 Å². The van der Waals surface area contributed by atoms with Crippen molar-refractivity contribution in [3.8, 4) is 5.75 Å². The Balaban J connectivity index is 2.07. The molecule has 0 fully saturated rings. The first-order chi connectivity index (χ1) is 10.5. The third-order valence-corrected chi connectivity index (χ3v) is 3.44. The molecule has 0 atom stereocenters. The van der Waals surface area contributed by atoms with E-state index in [0.717, 1.165) is 10.0 Å². The monoisotopic (exact) mass is 362 g/mol. The predicted molar refractivity (Wildman–Crippen MR) is 89.1 cm³/mol. The molecule has 0 saturated heterocycles. The van der Waals surface area contributed by atoms with Crippen LogP contribution < -0.4 is 15.4 Å². The standard InChI is InChI=1S/C16H15BrN2O3/c1-10-3-8-14(22-2)13(9-10)19-16(21)15(20)18-12-6-4-11(17)5-7-12/h3-9H,1-2H3,(H,18,20)(H,19,21). The number of amides is 2. The fourth-order valence-electron chi connectivity index (χ4n) is 1.82. The molecule has 0 aliphatic heterocycles. The Labute approximate surface area is 136 Å². The Morgan fingerprint density at radius 2 is 1.64 bits per heavy atom. The zero-order chi connectivity index (χ0) is 16.1. The summed E-state index contributed by atoms with van der Waals surface area (Å²) in [6, 6.07) is 12.3. The van der Waals surface area contributed by atoms with E-state index in [2.05, 4.69) is 26.6 Å². The first-order valence-electron chi connectivity index (χ1n) is 6.52. The second-order valence-electron chi connectivity index (χ2n) is 4.62. The number of anilines is 2. The summed E-state index contributed by atoms with van der Waals surface area (Å²) < 4.78 is 6.05. The lowest BCUT2D eigenvalue weighted by Gasteiger charge is -2.11. The van der Waals surface area contributed by atoms with Gasteiger partial charge in [0.1, 0.15) is 5.75 Å². The maximum absolute atomic E-state index is 12.0. The highest BCUT2D eigenvalue weighted by atomic mass is 79.9. The van der Waals surface area contributed by atoms with Crippen molar-refractivity contribution >= 4 is 39.1 Å². The Kier molecular flexibility index (Phi) is 5.16. The van der Waals surface area contributed by atoms with Crippen LogP contribution in [0, 0.1) is 6.92 Å². The molecule has 0 unspecified atom stereocenters. The lowest BCUT2D eigenvalue weighted by Crippen LogP contribution is -2.29. The van der Waals surface area contributed by atoms with E-state index in [1.54, 1.807) is 36.4 Å². The lowest BCUT2D eigenvalue weighted by molar-refractivity contribution is -0.133. The second kappa shape index (κ2) is 7.09. The zero-order valence-electron chi connectivity index (χ0n) is 12.1. The molecule has 0 aromatic heterocycles. The molecule has 2 N–H and O–H groups in total. The van der Waals surface area contributed by atoms with E-state index in [-0.39, 0.29) is 0 Å². The summed E-state index contributed by atoms with van der Waals surface area (Å²) in [6.07, 6.45) is 0. The summed E-state index contributed by atoms with van der Waals surface area (Å²) in [7, 11) is 1.50. The highest BCUT2D eigenvalue weighted by Gasteiger charge is 2.16. The molecule has 0 heterocycles. The molecule has 0 radical (unpaired) electrons. The minimum atomic E-state index is -0.758. The fraction of sp³-hybridized carbons (Fsp3) is 0.125. The number of methoxy groups -OCH3 is 1. The molecule has 0 aliphatic rings. The van der Waals surface area contributed by atoms with Crippen molar-refractivity contribution in [2.24, 2.45) is 0 Å². The number of benzene rings is 2. The van der Waals surface area contributed by atoms with Crippen molar-refractivity contribution in [3.63, 3.8) is 0 Å². The zero-order valence-corrected chi connectivity index (χ0v) is 13.7. The summed E-state index contributed by atoms with van der Waals surface area (Å²) in [5.74, 6) is -1.01. The fourth-order valence-corrected chi connectivity index (χ4v) is 2.08. The summed E-state index contributed by atoms with van der Waals surface area (Å²) in [5.41, 5.74) is 1.95. The van der Waals surface area contributed by atoms with Gasteiger partial charge < -0.3 is 15.4 Å². The first kappa shape index (κ1) is 16.0. The molecule has 0 aliphatic carbocycles. The molecule has 0 spiro atoms. The average Bonchev–Trinajstić information content (AvgIpc) is 2.49. The number of rotatable bonds is 3. The van der Waals surface area contributed by atoms with Gasteiger partial charge in [0.05, 0.1) is 12.8 Å². The summed E-state index contributed by atoms with van der Waals surface area (Å²) in [5, 5.41) is 5.08. The number of hydrogen-bond acceptors (Lipinski definition) is 3. The van der Waals surface area contributed by atoms with Crippen molar-refractivity contribution in [2.75, 3.05) is 17.7 Å². The summed E-state index contributed by atoms with van der Waals surface area (Å²) in [6.45, 7) is 1.89. The number of carbonyl (C=O) groups excluding carboxylic acids is 2. The van der Waals surface area contributed by atoms with Crippen LogP contribution in [0.3, 0.4) is 0 Å². The maximum atomic E-state index is 12.0. The number of hydrogen-bond donors (Lipinski definition) is 2. The smallest absolute Gasteiger partial charge is 0.314 e. The third-order valence-electron chi connectivity index (χ3n) is 2.91. The molecule has 5 nitrogen and oxygen atoms in total. The van der Waals surface area contributed by atoms with Crippen LogP contribution in [0.4, 0.5) is 11.4 Å². The number of ether oxygens (including phenoxy) is 1. The third kappa shape index (κ3) is 4.08. The van der Waals surface area contributed by atoms with Crippen molar-refractivity contribution in [1.82, 2.24) is 0 Å². The first-order valence-corrected chi connectivity index (χ1v) is 7.31. The van der Waals surface area contributed by atoms with E-state index < -0.39 is 11.8 Å². The Morgan fingerprint density at radius 1 is 1.00 bits per heavy atom. The molecule has 2 aromatic rings. The molecule has 2 amide bonds. The number of aryl methyl sites for hydroxylation is 1. The van der Waals surface area contributed by atoms with Crippen LogP contribution >= 0.6 is 15.9 Å². The highest BCUT2D eigenvalue weighted by Crippen LogP contribution is 2.25. The maximum Gasteiger partial charge on any atom is 0.314 e. The van der Waals surface area contributed by atoms with Crippen LogP contribution in [0.15, 0.2) is 46.9 Å². The largest absolute Gasteiger partial charge is 0.495 e. The summed E-state index contributed by atoms with van der Waals surface area (Å²) >= 11 is 3.30. The average molecular weight is 363 g/mol. The van der Waals surface area contributed by atoms with Gasteiger partial charge in [-0.25, -0.2) is 0 Å². The van der Waals surface area contributed by atoms with Gasteiger partial charge in [-0.2, -0.15) is 0 Å². The topological polar surface area (TPSA) is 67.4 Å². The van der Waals surface area contributed by atoms with Gasteiger partial charge in [-0.1, -0.05) is 22.0 Å². The van der Waals surface area contributed by atoms with E-state index >= 15 is 0 Å². The molecular formula is C16H15BrN2O3. The van der Waals surface area contributed by atoms with Crippen LogP contribution in [0.1, 0.15) is 5.56 Å². The summed E-state index contributed by atoms with van der Waals surface area (Å²) in [4.78, 5) is 23.9. The van der Waals surface area contributed by atoms with Crippen LogP contribution in [-0.2, 0) is 9.59 Å². The molecule has 2 aromatic carbocycles. The van der Waals surface area contributed by atoms with E-state index in [9.17, 15) is 9.59 Å². The van der Waals surface area contributed by atoms with Gasteiger partial charge in [0.15, 0.2) is 0 Å². The molecule has 6 heteroatoms. The predicted octanol–water partition coefficient (Wildman–Crippen LogP) is 3.34. The van der Waals surface area contributed by atoms with Gasteiger partial charge in [-0.15, -0.1) is 0 Å². The molecular weight excluding hydrogens is 348 g/mol. The quantitative estimate of drug-likeness (QED) is 0.822. The number of halogens is 1. The minimum absolute atomic E-state index is 0.457. The van der Waals surface area contributed by atoms with Crippen LogP contribution in [0.25, 0.3) is 0 Å². The molecule has 114 valence electrons. The van der Waals surface area contributed by atoms with Crippen molar-refractivity contribution in [2.45, 2.75) is 6.92 Å². The normalized spacial score (nSPS) is 9.95. The van der Waals surface area contributed by atoms with Crippen molar-refractivity contribution < 1.29 is 14.3 Å². The van der Waals surface area contributed by atoms with Crippen LogP contribution in [0.2, 0.25) is 0 Å². The van der Waals surface area contributed by atoms with Crippen LogP contribution in [-0.4, -0.2) is 18.9 Å². The molecule has 2 rings (SSSR count). The Bertz CT molecular complexity index is 699. The molecule has 0 saturated carbocycles. The number of nitrogens with one attached hydrogen (secondary N) is 2. The molecule has 0 bridgehead atoms. The van der Waals surface area contributed by atoms with Gasteiger partial charge in [0, 0.05) is 10.2 Å². The van der Waals surface area contributed by atoms with Crippen LogP contribution in [0.5, 0.6) is 5.75 Å². The van der Waals surface area contributed by atoms with Crippen molar-refractivity contribution in [3.05, 3.63) is 52.5 Å². The molecule has 22 heavy (non-hydrogen) atoms. The van der Waals surface area contributed by atoms with E-state index in [1.807, 2.05) is 13.0 Å². The number of carbonyl (C=O) groups is 2. The van der Waals surface area contributed by atoms with Gasteiger partial charge >= 0.3 is 11.8 Å². The lowest BCUT2D eigenvalue weighted by atomic mass is 10.2. The van der Waals surface area contributed by atoms with Crippen molar-refractivity contribution in [1.29, 1.82) is 0 Å². The van der Waals surface area contributed by atoms with Gasteiger partial charge in [-0.05, 0) is 48.9 Å². The van der Waals surface area contributed by atoms with E-state index in [0.29, 0.717) is 17.1 Å². The minimum Gasteiger partial charge on any atom is -0.495 e. The SMILES string of the molecule is COc1ccc(C)cc1NC(=O)C(=O)Nc1ccc(Br)cc1.